The van der Waals surface area contributed by atoms with Gasteiger partial charge in [-0.25, -0.2) is 4.98 Å². The van der Waals surface area contributed by atoms with Crippen molar-refractivity contribution in [3.63, 3.8) is 0 Å². The second-order valence-electron chi connectivity index (χ2n) is 7.73. The number of para-hydroxylation sites is 2. The van der Waals surface area contributed by atoms with E-state index in [0.29, 0.717) is 0 Å². The lowest BCUT2D eigenvalue weighted by molar-refractivity contribution is 0.270. The molecule has 0 bridgehead atoms. The standard InChI is InChI=1S/C22H32N6O/c1-4-25-9-11-27(12-10-25)21-17-18(2)23-22(24-21)28-15-13-26(14-16-28)19-7-5-6-8-20(19)29-3/h5-8,17H,4,9-16H2,1-3H3. The SMILES string of the molecule is CCN1CCN(c2cc(C)nc(N3CCN(c4ccccc4OC)CC3)n2)CC1. The molecular weight excluding hydrogens is 364 g/mol. The molecule has 4 rings (SSSR count). The number of benzene rings is 1. The maximum atomic E-state index is 5.54. The molecule has 0 unspecified atom stereocenters. The Morgan fingerprint density at radius 1 is 0.862 bits per heavy atom. The summed E-state index contributed by atoms with van der Waals surface area (Å²) >= 11 is 0. The Morgan fingerprint density at radius 2 is 1.52 bits per heavy atom. The Morgan fingerprint density at radius 3 is 2.21 bits per heavy atom. The van der Waals surface area contributed by atoms with E-state index in [9.17, 15) is 0 Å². The first-order valence-electron chi connectivity index (χ1n) is 10.6. The third-order valence-corrected chi connectivity index (χ3v) is 5.96. The van der Waals surface area contributed by atoms with Gasteiger partial charge in [0, 0.05) is 64.1 Å². The molecule has 2 fully saturated rings. The van der Waals surface area contributed by atoms with Crippen LogP contribution in [0.1, 0.15) is 12.6 Å². The van der Waals surface area contributed by atoms with E-state index in [4.69, 9.17) is 14.7 Å². The number of aromatic nitrogens is 2. The topological polar surface area (TPSA) is 48.0 Å². The van der Waals surface area contributed by atoms with Crippen LogP contribution in [0.3, 0.4) is 0 Å². The molecule has 29 heavy (non-hydrogen) atoms. The number of rotatable bonds is 5. The number of ether oxygens (including phenoxy) is 1. The van der Waals surface area contributed by atoms with Crippen LogP contribution >= 0.6 is 0 Å². The maximum absolute atomic E-state index is 5.54. The number of anilines is 3. The first kappa shape index (κ1) is 19.8. The van der Waals surface area contributed by atoms with Gasteiger partial charge in [-0.3, -0.25) is 0 Å². The fraction of sp³-hybridized carbons (Fsp3) is 0.545. The summed E-state index contributed by atoms with van der Waals surface area (Å²) in [5, 5.41) is 0. The highest BCUT2D eigenvalue weighted by Crippen LogP contribution is 2.29. The number of methoxy groups -OCH3 is 1. The van der Waals surface area contributed by atoms with Crippen molar-refractivity contribution in [3.8, 4) is 5.75 Å². The average molecular weight is 397 g/mol. The van der Waals surface area contributed by atoms with E-state index in [2.05, 4.69) is 51.6 Å². The van der Waals surface area contributed by atoms with Crippen molar-refractivity contribution in [3.05, 3.63) is 36.0 Å². The number of aryl methyl sites for hydroxylation is 1. The summed E-state index contributed by atoms with van der Waals surface area (Å²) < 4.78 is 5.54. The fourth-order valence-electron chi connectivity index (χ4n) is 4.17. The van der Waals surface area contributed by atoms with Crippen LogP contribution in [0.2, 0.25) is 0 Å². The number of piperazine rings is 2. The van der Waals surface area contributed by atoms with Crippen LogP contribution in [0.25, 0.3) is 0 Å². The molecule has 0 N–H and O–H groups in total. The van der Waals surface area contributed by atoms with Crippen molar-refractivity contribution < 1.29 is 4.74 Å². The summed E-state index contributed by atoms with van der Waals surface area (Å²) in [4.78, 5) is 19.3. The smallest absolute Gasteiger partial charge is 0.227 e. The third-order valence-electron chi connectivity index (χ3n) is 5.96. The molecule has 2 saturated heterocycles. The fourth-order valence-corrected chi connectivity index (χ4v) is 4.17. The Bertz CT molecular complexity index is 813. The van der Waals surface area contributed by atoms with Crippen molar-refractivity contribution in [1.82, 2.24) is 14.9 Å². The van der Waals surface area contributed by atoms with Gasteiger partial charge < -0.3 is 24.3 Å². The molecule has 2 aromatic rings. The van der Waals surface area contributed by atoms with Crippen molar-refractivity contribution in [2.45, 2.75) is 13.8 Å². The van der Waals surface area contributed by atoms with Crippen LogP contribution in [-0.4, -0.2) is 80.9 Å². The van der Waals surface area contributed by atoms with Crippen molar-refractivity contribution in [2.75, 3.05) is 80.7 Å². The van der Waals surface area contributed by atoms with Crippen molar-refractivity contribution >= 4 is 17.5 Å². The Labute approximate surface area is 173 Å². The lowest BCUT2D eigenvalue weighted by Crippen LogP contribution is -2.48. The number of likely N-dealkylation sites (N-methyl/N-ethyl adjacent to an activating group) is 1. The summed E-state index contributed by atoms with van der Waals surface area (Å²) in [6.45, 7) is 13.4. The Hall–Kier alpha value is -2.54. The van der Waals surface area contributed by atoms with E-state index in [0.717, 1.165) is 87.8 Å². The van der Waals surface area contributed by atoms with Crippen molar-refractivity contribution in [1.29, 1.82) is 0 Å². The third kappa shape index (κ3) is 4.40. The van der Waals surface area contributed by atoms with Crippen LogP contribution in [0.5, 0.6) is 5.75 Å². The largest absolute Gasteiger partial charge is 0.495 e. The van der Waals surface area contributed by atoms with Gasteiger partial charge in [0.2, 0.25) is 5.95 Å². The minimum absolute atomic E-state index is 0.859. The van der Waals surface area contributed by atoms with E-state index < -0.39 is 0 Å². The lowest BCUT2D eigenvalue weighted by Gasteiger charge is -2.38. The lowest BCUT2D eigenvalue weighted by atomic mass is 10.2. The van der Waals surface area contributed by atoms with Crippen LogP contribution in [-0.2, 0) is 0 Å². The Balaban J connectivity index is 1.44. The molecule has 7 heteroatoms. The van der Waals surface area contributed by atoms with Gasteiger partial charge in [-0.05, 0) is 25.6 Å². The molecule has 0 aliphatic carbocycles. The predicted octanol–water partition coefficient (Wildman–Crippen LogP) is 2.26. The molecule has 3 heterocycles. The van der Waals surface area contributed by atoms with E-state index in [1.807, 2.05) is 12.1 Å². The molecule has 0 radical (unpaired) electrons. The summed E-state index contributed by atoms with van der Waals surface area (Å²) in [5.41, 5.74) is 2.20. The predicted molar refractivity (Wildman–Crippen MR) is 119 cm³/mol. The number of hydrogen-bond donors (Lipinski definition) is 0. The van der Waals surface area contributed by atoms with Crippen molar-refractivity contribution in [2.24, 2.45) is 0 Å². The van der Waals surface area contributed by atoms with E-state index in [1.165, 1.54) is 0 Å². The van der Waals surface area contributed by atoms with Crippen LogP contribution < -0.4 is 19.4 Å². The van der Waals surface area contributed by atoms with Crippen LogP contribution in [0, 0.1) is 6.92 Å². The first-order valence-corrected chi connectivity index (χ1v) is 10.6. The summed E-state index contributed by atoms with van der Waals surface area (Å²) in [6, 6.07) is 10.4. The summed E-state index contributed by atoms with van der Waals surface area (Å²) in [5.74, 6) is 2.86. The molecule has 0 atom stereocenters. The molecule has 2 aliphatic heterocycles. The number of hydrogen-bond acceptors (Lipinski definition) is 7. The van der Waals surface area contributed by atoms with Gasteiger partial charge in [0.05, 0.1) is 12.8 Å². The Kier molecular flexibility index (Phi) is 6.04. The summed E-state index contributed by atoms with van der Waals surface area (Å²) in [7, 11) is 1.73. The second kappa shape index (κ2) is 8.86. The molecule has 0 spiro atoms. The van der Waals surface area contributed by atoms with Gasteiger partial charge in [-0.1, -0.05) is 19.1 Å². The van der Waals surface area contributed by atoms with Gasteiger partial charge in [-0.15, -0.1) is 0 Å². The molecule has 156 valence electrons. The van der Waals surface area contributed by atoms with Crippen LogP contribution in [0.4, 0.5) is 17.5 Å². The molecule has 7 nitrogen and oxygen atoms in total. The van der Waals surface area contributed by atoms with Crippen LogP contribution in [0.15, 0.2) is 30.3 Å². The zero-order chi connectivity index (χ0) is 20.2. The van der Waals surface area contributed by atoms with E-state index >= 15 is 0 Å². The van der Waals surface area contributed by atoms with Gasteiger partial charge in [0.1, 0.15) is 11.6 Å². The highest BCUT2D eigenvalue weighted by molar-refractivity contribution is 5.59. The monoisotopic (exact) mass is 396 g/mol. The van der Waals surface area contributed by atoms with Gasteiger partial charge in [-0.2, -0.15) is 4.98 Å². The van der Waals surface area contributed by atoms with E-state index in [-0.39, 0.29) is 0 Å². The summed E-state index contributed by atoms with van der Waals surface area (Å²) in [6.07, 6.45) is 0. The van der Waals surface area contributed by atoms with Gasteiger partial charge in [0.25, 0.3) is 0 Å². The highest BCUT2D eigenvalue weighted by atomic mass is 16.5. The van der Waals surface area contributed by atoms with Gasteiger partial charge in [0.15, 0.2) is 0 Å². The average Bonchev–Trinajstić information content (AvgIpc) is 2.79. The highest BCUT2D eigenvalue weighted by Gasteiger charge is 2.23. The maximum Gasteiger partial charge on any atom is 0.227 e. The molecule has 2 aliphatic rings. The molecule has 0 amide bonds. The molecule has 1 aromatic heterocycles. The normalized spacial score (nSPS) is 18.2. The van der Waals surface area contributed by atoms with Gasteiger partial charge >= 0.3 is 0 Å². The minimum Gasteiger partial charge on any atom is -0.495 e. The first-order chi connectivity index (χ1) is 14.2. The van der Waals surface area contributed by atoms with E-state index in [1.54, 1.807) is 7.11 Å². The zero-order valence-corrected chi connectivity index (χ0v) is 17.8. The molecule has 0 saturated carbocycles. The minimum atomic E-state index is 0.859. The molecular formula is C22H32N6O. The number of nitrogens with zero attached hydrogens (tertiary/aromatic N) is 6. The zero-order valence-electron chi connectivity index (χ0n) is 17.8. The quantitative estimate of drug-likeness (QED) is 0.768. The molecule has 1 aromatic carbocycles. The second-order valence-corrected chi connectivity index (χ2v) is 7.73.